The van der Waals surface area contributed by atoms with Gasteiger partial charge in [-0.2, -0.15) is 0 Å². The number of rotatable bonds is 2. The SMILES string of the molecule is CCC12CCC1CCN2.O=Cc1ccc(O)cc1. The molecule has 1 saturated carbocycles. The first-order valence-corrected chi connectivity index (χ1v) is 6.69. The average Bonchev–Trinajstić information content (AvgIpc) is 2.67. The number of aldehydes is 1. The zero-order chi connectivity index (χ0) is 13.0. The van der Waals surface area contributed by atoms with E-state index in [-0.39, 0.29) is 5.75 Å². The van der Waals surface area contributed by atoms with Crippen molar-refractivity contribution in [1.29, 1.82) is 0 Å². The van der Waals surface area contributed by atoms with Crippen LogP contribution in [-0.2, 0) is 0 Å². The number of carbonyl (C=O) groups is 1. The van der Waals surface area contributed by atoms with E-state index in [2.05, 4.69) is 12.2 Å². The quantitative estimate of drug-likeness (QED) is 0.790. The number of aromatic hydroxyl groups is 1. The predicted molar refractivity (Wildman–Crippen MR) is 71.9 cm³/mol. The summed E-state index contributed by atoms with van der Waals surface area (Å²) in [6.45, 7) is 3.59. The van der Waals surface area contributed by atoms with Gasteiger partial charge < -0.3 is 10.4 Å². The minimum absolute atomic E-state index is 0.181. The minimum Gasteiger partial charge on any atom is -0.508 e. The Kier molecular flexibility index (Phi) is 4.02. The van der Waals surface area contributed by atoms with Crippen LogP contribution in [0.3, 0.4) is 0 Å². The molecule has 2 aliphatic rings. The maximum Gasteiger partial charge on any atom is 0.150 e. The predicted octanol–water partition coefficient (Wildman–Crippen LogP) is 2.74. The topological polar surface area (TPSA) is 49.3 Å². The highest BCUT2D eigenvalue weighted by Crippen LogP contribution is 2.46. The minimum atomic E-state index is 0.181. The van der Waals surface area contributed by atoms with E-state index in [1.54, 1.807) is 12.1 Å². The van der Waals surface area contributed by atoms with Gasteiger partial charge >= 0.3 is 0 Å². The largest absolute Gasteiger partial charge is 0.508 e. The summed E-state index contributed by atoms with van der Waals surface area (Å²) in [4.78, 5) is 10.0. The molecule has 18 heavy (non-hydrogen) atoms. The van der Waals surface area contributed by atoms with Crippen LogP contribution >= 0.6 is 0 Å². The van der Waals surface area contributed by atoms with E-state index in [9.17, 15) is 4.79 Å². The molecule has 2 atom stereocenters. The standard InChI is InChI=1S/C8H15N.C7H6O2/c1-2-8-5-3-7(8)4-6-9-8;8-5-6-1-3-7(9)4-2-6/h7,9H,2-6H2,1H3;1-5,9H. The highest BCUT2D eigenvalue weighted by Gasteiger charge is 2.47. The van der Waals surface area contributed by atoms with E-state index in [0.717, 1.165) is 12.2 Å². The second kappa shape index (κ2) is 5.53. The van der Waals surface area contributed by atoms with Gasteiger partial charge in [0.15, 0.2) is 0 Å². The number of benzene rings is 1. The first-order valence-electron chi connectivity index (χ1n) is 6.69. The zero-order valence-corrected chi connectivity index (χ0v) is 10.9. The molecule has 0 radical (unpaired) electrons. The number of phenols is 1. The van der Waals surface area contributed by atoms with Crippen molar-refractivity contribution < 1.29 is 9.90 Å². The Labute approximate surface area is 108 Å². The number of hydrogen-bond acceptors (Lipinski definition) is 3. The van der Waals surface area contributed by atoms with Gasteiger partial charge in [-0.15, -0.1) is 0 Å². The summed E-state index contributed by atoms with van der Waals surface area (Å²) >= 11 is 0. The highest BCUT2D eigenvalue weighted by atomic mass is 16.3. The molecule has 2 unspecified atom stereocenters. The lowest BCUT2D eigenvalue weighted by atomic mass is 9.66. The summed E-state index contributed by atoms with van der Waals surface area (Å²) in [5.41, 5.74) is 1.20. The summed E-state index contributed by atoms with van der Waals surface area (Å²) in [7, 11) is 0. The Hall–Kier alpha value is -1.35. The van der Waals surface area contributed by atoms with Crippen molar-refractivity contribution in [2.45, 2.75) is 38.1 Å². The Bertz CT molecular complexity index is 397. The number of carbonyl (C=O) groups excluding carboxylic acids is 1. The molecule has 0 aromatic heterocycles. The maximum absolute atomic E-state index is 10.0. The summed E-state index contributed by atoms with van der Waals surface area (Å²) in [6, 6.07) is 6.07. The molecule has 0 spiro atoms. The average molecular weight is 247 g/mol. The molecule has 98 valence electrons. The van der Waals surface area contributed by atoms with Crippen molar-refractivity contribution in [3.63, 3.8) is 0 Å². The van der Waals surface area contributed by atoms with Crippen molar-refractivity contribution >= 4 is 6.29 Å². The molecular weight excluding hydrogens is 226 g/mol. The molecule has 1 saturated heterocycles. The molecule has 2 N–H and O–H groups in total. The number of phenolic OH excluding ortho intramolecular Hbond substituents is 1. The van der Waals surface area contributed by atoms with E-state index >= 15 is 0 Å². The smallest absolute Gasteiger partial charge is 0.150 e. The second-order valence-electron chi connectivity index (χ2n) is 5.17. The van der Waals surface area contributed by atoms with Gasteiger partial charge in [-0.3, -0.25) is 4.79 Å². The van der Waals surface area contributed by atoms with Gasteiger partial charge in [0.1, 0.15) is 12.0 Å². The van der Waals surface area contributed by atoms with E-state index in [0.29, 0.717) is 11.1 Å². The normalized spacial score (nSPS) is 28.6. The van der Waals surface area contributed by atoms with Crippen molar-refractivity contribution in [2.24, 2.45) is 5.92 Å². The van der Waals surface area contributed by atoms with Gasteiger partial charge in [0, 0.05) is 11.1 Å². The Morgan fingerprint density at radius 2 is 2.11 bits per heavy atom. The molecule has 1 aromatic rings. The molecule has 1 aromatic carbocycles. The van der Waals surface area contributed by atoms with Crippen LogP contribution in [0.4, 0.5) is 0 Å². The van der Waals surface area contributed by atoms with E-state index < -0.39 is 0 Å². The molecule has 0 bridgehead atoms. The summed E-state index contributed by atoms with van der Waals surface area (Å²) in [5.74, 6) is 1.23. The molecule has 1 heterocycles. The molecular formula is C15H21NO2. The van der Waals surface area contributed by atoms with E-state index in [1.165, 1.54) is 44.4 Å². The van der Waals surface area contributed by atoms with Crippen molar-refractivity contribution in [3.05, 3.63) is 29.8 Å². The Morgan fingerprint density at radius 3 is 2.50 bits per heavy atom. The maximum atomic E-state index is 10.0. The van der Waals surface area contributed by atoms with Crippen LogP contribution in [-0.4, -0.2) is 23.5 Å². The number of fused-ring (bicyclic) bond motifs is 1. The monoisotopic (exact) mass is 247 g/mol. The summed E-state index contributed by atoms with van der Waals surface area (Å²) < 4.78 is 0. The first-order chi connectivity index (χ1) is 8.70. The van der Waals surface area contributed by atoms with Gasteiger partial charge in [-0.1, -0.05) is 6.92 Å². The third kappa shape index (κ3) is 2.56. The van der Waals surface area contributed by atoms with Crippen molar-refractivity contribution in [1.82, 2.24) is 5.32 Å². The molecule has 3 rings (SSSR count). The third-order valence-electron chi connectivity index (χ3n) is 4.35. The zero-order valence-electron chi connectivity index (χ0n) is 10.9. The van der Waals surface area contributed by atoms with Crippen LogP contribution in [0.1, 0.15) is 43.0 Å². The fourth-order valence-electron chi connectivity index (χ4n) is 2.99. The first kappa shape index (κ1) is 13.1. The van der Waals surface area contributed by atoms with Crippen molar-refractivity contribution in [2.75, 3.05) is 6.54 Å². The lowest BCUT2D eigenvalue weighted by Crippen LogP contribution is -2.51. The van der Waals surface area contributed by atoms with Crippen LogP contribution in [0.2, 0.25) is 0 Å². The van der Waals surface area contributed by atoms with Crippen LogP contribution in [0.15, 0.2) is 24.3 Å². The molecule has 1 aliphatic heterocycles. The van der Waals surface area contributed by atoms with Gasteiger partial charge in [-0.05, 0) is 62.4 Å². The number of hydrogen-bond donors (Lipinski definition) is 2. The van der Waals surface area contributed by atoms with Crippen LogP contribution in [0.25, 0.3) is 0 Å². The molecule has 3 nitrogen and oxygen atoms in total. The van der Waals surface area contributed by atoms with Crippen LogP contribution < -0.4 is 5.32 Å². The van der Waals surface area contributed by atoms with Crippen LogP contribution in [0.5, 0.6) is 5.75 Å². The van der Waals surface area contributed by atoms with Gasteiger partial charge in [0.25, 0.3) is 0 Å². The fourth-order valence-corrected chi connectivity index (χ4v) is 2.99. The second-order valence-corrected chi connectivity index (χ2v) is 5.17. The summed E-state index contributed by atoms with van der Waals surface area (Å²) in [5, 5.41) is 12.4. The molecule has 2 fully saturated rings. The van der Waals surface area contributed by atoms with Gasteiger partial charge in [0.2, 0.25) is 0 Å². The van der Waals surface area contributed by atoms with E-state index in [4.69, 9.17) is 5.11 Å². The van der Waals surface area contributed by atoms with E-state index in [1.807, 2.05) is 0 Å². The molecule has 3 heteroatoms. The lowest BCUT2D eigenvalue weighted by molar-refractivity contribution is 0.112. The summed E-state index contributed by atoms with van der Waals surface area (Å²) in [6.07, 6.45) is 6.44. The fraction of sp³-hybridized carbons (Fsp3) is 0.533. The Balaban J connectivity index is 0.000000134. The van der Waals surface area contributed by atoms with Crippen LogP contribution in [0, 0.1) is 5.92 Å². The highest BCUT2D eigenvalue weighted by molar-refractivity contribution is 5.74. The third-order valence-corrected chi connectivity index (χ3v) is 4.35. The molecule has 0 amide bonds. The van der Waals surface area contributed by atoms with Gasteiger partial charge in [-0.25, -0.2) is 0 Å². The Morgan fingerprint density at radius 1 is 1.39 bits per heavy atom. The lowest BCUT2D eigenvalue weighted by Gasteiger charge is -2.44. The van der Waals surface area contributed by atoms with Crippen molar-refractivity contribution in [3.8, 4) is 5.75 Å². The van der Waals surface area contributed by atoms with Gasteiger partial charge in [0.05, 0.1) is 0 Å². The number of nitrogens with one attached hydrogen (secondary N) is 1. The molecule has 1 aliphatic carbocycles.